The Balaban J connectivity index is 0.00000176. The largest absolute Gasteiger partial charge is 0.354 e. The molecular weight excluding hydrogens is 318 g/mol. The molecule has 0 unspecified atom stereocenters. The van der Waals surface area contributed by atoms with Crippen molar-refractivity contribution in [1.82, 2.24) is 20.2 Å². The van der Waals surface area contributed by atoms with E-state index in [9.17, 15) is 0 Å². The smallest absolute Gasteiger partial charge is 0.133 e. The Kier molecular flexibility index (Phi) is 6.57. The molecule has 0 bridgehead atoms. The highest BCUT2D eigenvalue weighted by Crippen LogP contribution is 2.18. The molecule has 1 saturated heterocycles. The van der Waals surface area contributed by atoms with E-state index in [0.717, 1.165) is 50.8 Å². The molecule has 0 aliphatic carbocycles. The maximum atomic E-state index is 4.60. The number of hydrogen-bond acceptors (Lipinski definition) is 6. The number of piperazine rings is 1. The van der Waals surface area contributed by atoms with Crippen LogP contribution in [0.2, 0.25) is 0 Å². The van der Waals surface area contributed by atoms with Crippen molar-refractivity contribution in [3.63, 3.8) is 0 Å². The molecule has 0 atom stereocenters. The van der Waals surface area contributed by atoms with Crippen molar-refractivity contribution in [2.45, 2.75) is 13.1 Å². The summed E-state index contributed by atoms with van der Waals surface area (Å²) in [6.45, 7) is 5.93. The van der Waals surface area contributed by atoms with Crippen LogP contribution in [0.15, 0.2) is 29.2 Å². The molecule has 5 nitrogen and oxygen atoms in total. The van der Waals surface area contributed by atoms with Crippen LogP contribution < -0.4 is 10.2 Å². The summed E-state index contributed by atoms with van der Waals surface area (Å²) < 4.78 is 0. The molecule has 120 valence electrons. The molecule has 0 saturated carbocycles. The van der Waals surface area contributed by atoms with Gasteiger partial charge in [-0.2, -0.15) is 0 Å². The first-order valence-corrected chi connectivity index (χ1v) is 8.22. The highest BCUT2D eigenvalue weighted by molar-refractivity contribution is 7.07. The third-order valence-electron chi connectivity index (χ3n) is 3.78. The predicted octanol–water partition coefficient (Wildman–Crippen LogP) is 2.00. The summed E-state index contributed by atoms with van der Waals surface area (Å²) in [6.07, 6.45) is 1.89. The summed E-state index contributed by atoms with van der Waals surface area (Å²) in [5.74, 6) is 1.12. The minimum atomic E-state index is 0. The number of aromatic nitrogens is 2. The number of pyridine rings is 1. The monoisotopic (exact) mass is 339 g/mol. The van der Waals surface area contributed by atoms with Gasteiger partial charge in [-0.1, -0.05) is 6.07 Å². The number of thiazole rings is 1. The van der Waals surface area contributed by atoms with Crippen molar-refractivity contribution in [3.05, 3.63) is 40.5 Å². The van der Waals surface area contributed by atoms with Crippen LogP contribution in [-0.4, -0.2) is 48.1 Å². The predicted molar refractivity (Wildman–Crippen MR) is 93.9 cm³/mol. The Morgan fingerprint density at radius 1 is 1.18 bits per heavy atom. The van der Waals surface area contributed by atoms with Gasteiger partial charge in [-0.25, -0.2) is 9.97 Å². The molecule has 22 heavy (non-hydrogen) atoms. The first-order chi connectivity index (χ1) is 10.3. The summed E-state index contributed by atoms with van der Waals surface area (Å²) in [6, 6.07) is 4.17. The van der Waals surface area contributed by atoms with E-state index in [1.807, 2.05) is 17.8 Å². The molecule has 0 amide bonds. The van der Waals surface area contributed by atoms with Crippen molar-refractivity contribution in [3.8, 4) is 0 Å². The van der Waals surface area contributed by atoms with E-state index in [1.165, 1.54) is 5.56 Å². The van der Waals surface area contributed by atoms with E-state index in [0.29, 0.717) is 0 Å². The number of anilines is 1. The minimum absolute atomic E-state index is 0. The second kappa shape index (κ2) is 8.43. The van der Waals surface area contributed by atoms with Gasteiger partial charge in [-0.05, 0) is 13.1 Å². The van der Waals surface area contributed by atoms with Crippen LogP contribution in [-0.2, 0) is 13.1 Å². The maximum Gasteiger partial charge on any atom is 0.133 e. The van der Waals surface area contributed by atoms with Crippen molar-refractivity contribution in [1.29, 1.82) is 0 Å². The molecule has 3 heterocycles. The molecule has 1 aliphatic rings. The first kappa shape index (κ1) is 17.1. The molecule has 2 aromatic rings. The Morgan fingerprint density at radius 3 is 2.73 bits per heavy atom. The second-order valence-corrected chi connectivity index (χ2v) is 6.08. The molecule has 0 radical (unpaired) electrons. The van der Waals surface area contributed by atoms with Gasteiger partial charge in [-0.15, -0.1) is 23.7 Å². The molecule has 2 aromatic heterocycles. The topological polar surface area (TPSA) is 44.3 Å². The Labute approximate surface area is 141 Å². The standard InChI is InChI=1S/C15H21N5S.ClH/c1-19-5-7-20(8-6-19)15-13(3-2-4-17-15)9-16-10-14-11-21-12-18-14;/h2-4,11-12,16H,5-10H2,1H3;1H. The van der Waals surface area contributed by atoms with Gasteiger partial charge in [0.25, 0.3) is 0 Å². The zero-order chi connectivity index (χ0) is 14.5. The molecule has 1 aliphatic heterocycles. The number of halogens is 1. The lowest BCUT2D eigenvalue weighted by Crippen LogP contribution is -2.45. The van der Waals surface area contributed by atoms with E-state index in [4.69, 9.17) is 0 Å². The summed E-state index contributed by atoms with van der Waals surface area (Å²) >= 11 is 1.64. The molecule has 3 rings (SSSR count). The van der Waals surface area contributed by atoms with E-state index in [1.54, 1.807) is 11.3 Å². The molecular formula is C15H22ClN5S. The average Bonchev–Trinajstić information content (AvgIpc) is 3.02. The van der Waals surface area contributed by atoms with Crippen LogP contribution in [0.4, 0.5) is 5.82 Å². The highest BCUT2D eigenvalue weighted by atomic mass is 35.5. The van der Waals surface area contributed by atoms with Crippen LogP contribution in [0.1, 0.15) is 11.3 Å². The van der Waals surface area contributed by atoms with Crippen LogP contribution in [0.3, 0.4) is 0 Å². The van der Waals surface area contributed by atoms with Gasteiger partial charge in [0.05, 0.1) is 11.2 Å². The van der Waals surface area contributed by atoms with Gasteiger partial charge in [0.1, 0.15) is 5.82 Å². The molecule has 0 spiro atoms. The van der Waals surface area contributed by atoms with Gasteiger partial charge >= 0.3 is 0 Å². The quantitative estimate of drug-likeness (QED) is 0.902. The Bertz CT molecular complexity index is 555. The van der Waals surface area contributed by atoms with E-state index in [2.05, 4.69) is 43.6 Å². The van der Waals surface area contributed by atoms with Crippen LogP contribution in [0.5, 0.6) is 0 Å². The minimum Gasteiger partial charge on any atom is -0.354 e. The number of nitrogens with zero attached hydrogens (tertiary/aromatic N) is 4. The number of rotatable bonds is 5. The van der Waals surface area contributed by atoms with Gasteiger partial charge in [0, 0.05) is 56.4 Å². The molecule has 7 heteroatoms. The van der Waals surface area contributed by atoms with Crippen LogP contribution in [0.25, 0.3) is 0 Å². The van der Waals surface area contributed by atoms with Gasteiger partial charge in [0.2, 0.25) is 0 Å². The van der Waals surface area contributed by atoms with Gasteiger partial charge in [-0.3, -0.25) is 0 Å². The fraction of sp³-hybridized carbons (Fsp3) is 0.467. The van der Waals surface area contributed by atoms with Crippen molar-refractivity contribution in [2.75, 3.05) is 38.1 Å². The summed E-state index contributed by atoms with van der Waals surface area (Å²) in [5.41, 5.74) is 4.24. The number of hydrogen-bond donors (Lipinski definition) is 1. The Morgan fingerprint density at radius 2 is 2.00 bits per heavy atom. The fourth-order valence-corrected chi connectivity index (χ4v) is 3.08. The van der Waals surface area contributed by atoms with Gasteiger partial charge in [0.15, 0.2) is 0 Å². The third kappa shape index (κ3) is 4.39. The van der Waals surface area contributed by atoms with Crippen LogP contribution in [0, 0.1) is 0 Å². The lowest BCUT2D eigenvalue weighted by molar-refractivity contribution is 0.311. The first-order valence-electron chi connectivity index (χ1n) is 7.28. The maximum absolute atomic E-state index is 4.60. The molecule has 1 fully saturated rings. The lowest BCUT2D eigenvalue weighted by Gasteiger charge is -2.34. The SMILES string of the molecule is CN1CCN(c2ncccc2CNCc2cscn2)CC1.Cl. The third-order valence-corrected chi connectivity index (χ3v) is 4.41. The zero-order valence-electron chi connectivity index (χ0n) is 12.7. The fourth-order valence-electron chi connectivity index (χ4n) is 2.52. The van der Waals surface area contributed by atoms with E-state index in [-0.39, 0.29) is 12.4 Å². The Hall–Kier alpha value is -1.21. The molecule has 1 N–H and O–H groups in total. The van der Waals surface area contributed by atoms with Crippen molar-refractivity contribution >= 4 is 29.6 Å². The number of likely N-dealkylation sites (N-methyl/N-ethyl adjacent to an activating group) is 1. The van der Waals surface area contributed by atoms with Gasteiger partial charge < -0.3 is 15.1 Å². The van der Waals surface area contributed by atoms with Crippen LogP contribution >= 0.6 is 23.7 Å². The normalized spacial score (nSPS) is 15.6. The lowest BCUT2D eigenvalue weighted by atomic mass is 10.2. The highest BCUT2D eigenvalue weighted by Gasteiger charge is 2.17. The summed E-state index contributed by atoms with van der Waals surface area (Å²) in [7, 11) is 2.17. The zero-order valence-corrected chi connectivity index (χ0v) is 14.4. The van der Waals surface area contributed by atoms with E-state index >= 15 is 0 Å². The summed E-state index contributed by atoms with van der Waals surface area (Å²) in [5, 5.41) is 5.54. The second-order valence-electron chi connectivity index (χ2n) is 5.36. The average molecular weight is 340 g/mol. The summed E-state index contributed by atoms with van der Waals surface area (Å²) in [4.78, 5) is 13.6. The van der Waals surface area contributed by atoms with Crippen molar-refractivity contribution in [2.24, 2.45) is 0 Å². The number of nitrogens with one attached hydrogen (secondary N) is 1. The van der Waals surface area contributed by atoms with E-state index < -0.39 is 0 Å². The van der Waals surface area contributed by atoms with Crippen molar-refractivity contribution < 1.29 is 0 Å². The molecule has 0 aromatic carbocycles.